The summed E-state index contributed by atoms with van der Waals surface area (Å²) in [7, 11) is -2.15. The van der Waals surface area contributed by atoms with Crippen LogP contribution in [0.2, 0.25) is 5.02 Å². The Morgan fingerprint density at radius 1 is 1.04 bits per heavy atom. The normalized spacial score (nSPS) is 28.3. The van der Waals surface area contributed by atoms with Crippen molar-refractivity contribution in [3.8, 4) is 26.9 Å². The Balaban J connectivity index is 1.18. The second-order valence-corrected chi connectivity index (χ2v) is 18.3. The molecule has 4 aliphatic rings. The Kier molecular flexibility index (Phi) is 9.79. The molecule has 0 unspecified atom stereocenters. The SMILES string of the molecule is CN1CCCC/C=C\[C@@H]2C[C@@]2(C(=O)NS(=O)(=O)C2(C)CC2)NC(=O)[C@@H]2C[C@@H](Oc3nc(-c4ccc(Cl)cc4)sc3-c3ccccc3)CC[C@H]2C1=O. The molecule has 0 bridgehead atoms. The second kappa shape index (κ2) is 14.0. The molecule has 51 heavy (non-hydrogen) atoms. The summed E-state index contributed by atoms with van der Waals surface area (Å²) in [5, 5.41) is 4.37. The predicted octanol–water partition coefficient (Wildman–Crippen LogP) is 6.37. The smallest absolute Gasteiger partial charge is 0.259 e. The number of carbonyl (C=O) groups is 3. The van der Waals surface area contributed by atoms with Gasteiger partial charge in [-0.1, -0.05) is 66.2 Å². The van der Waals surface area contributed by atoms with Crippen LogP contribution in [0.1, 0.15) is 64.7 Å². The van der Waals surface area contributed by atoms with Crippen LogP contribution in [0.25, 0.3) is 21.0 Å². The number of hydrogen-bond donors (Lipinski definition) is 2. The van der Waals surface area contributed by atoms with E-state index < -0.39 is 50.1 Å². The molecule has 2 heterocycles. The molecule has 3 aromatic rings. The van der Waals surface area contributed by atoms with Crippen LogP contribution in [-0.2, 0) is 24.4 Å². The molecular formula is C38H43ClN4O6S2. The van der Waals surface area contributed by atoms with E-state index >= 15 is 0 Å². The molecule has 1 aliphatic heterocycles. The summed E-state index contributed by atoms with van der Waals surface area (Å²) in [4.78, 5) is 49.5. The van der Waals surface area contributed by atoms with Gasteiger partial charge in [-0.2, -0.15) is 0 Å². The molecule has 1 aromatic heterocycles. The van der Waals surface area contributed by atoms with Crippen LogP contribution >= 0.6 is 22.9 Å². The summed E-state index contributed by atoms with van der Waals surface area (Å²) in [6, 6.07) is 17.3. The van der Waals surface area contributed by atoms with E-state index in [0.29, 0.717) is 43.1 Å². The highest BCUT2D eigenvalue weighted by atomic mass is 35.5. The number of rotatable bonds is 7. The average molecular weight is 751 g/mol. The lowest BCUT2D eigenvalue weighted by molar-refractivity contribution is -0.145. The molecule has 10 nitrogen and oxygen atoms in total. The summed E-state index contributed by atoms with van der Waals surface area (Å²) in [6.45, 7) is 2.20. The molecule has 270 valence electrons. The fourth-order valence-electron chi connectivity index (χ4n) is 7.20. The van der Waals surface area contributed by atoms with E-state index in [4.69, 9.17) is 21.3 Å². The van der Waals surface area contributed by atoms with Gasteiger partial charge in [-0.15, -0.1) is 11.3 Å². The first-order chi connectivity index (χ1) is 24.4. The van der Waals surface area contributed by atoms with E-state index in [1.165, 1.54) is 11.3 Å². The third-order valence-electron chi connectivity index (χ3n) is 10.9. The highest BCUT2D eigenvalue weighted by Gasteiger charge is 2.63. The van der Waals surface area contributed by atoms with E-state index in [0.717, 1.165) is 40.3 Å². The van der Waals surface area contributed by atoms with Crippen LogP contribution in [0.4, 0.5) is 0 Å². The molecule has 5 atom stereocenters. The van der Waals surface area contributed by atoms with E-state index in [2.05, 4.69) is 10.0 Å². The monoisotopic (exact) mass is 750 g/mol. The zero-order valence-corrected chi connectivity index (χ0v) is 31.2. The van der Waals surface area contributed by atoms with Gasteiger partial charge in [-0.3, -0.25) is 19.1 Å². The van der Waals surface area contributed by atoms with Gasteiger partial charge in [0.15, 0.2) is 0 Å². The predicted molar refractivity (Wildman–Crippen MR) is 198 cm³/mol. The highest BCUT2D eigenvalue weighted by molar-refractivity contribution is 7.91. The minimum atomic E-state index is -3.92. The number of fused-ring (bicyclic) bond motifs is 2. The minimum Gasteiger partial charge on any atom is -0.473 e. The number of nitrogens with zero attached hydrogens (tertiary/aromatic N) is 2. The fourth-order valence-corrected chi connectivity index (χ4v) is 9.65. The van der Waals surface area contributed by atoms with Gasteiger partial charge in [0.2, 0.25) is 27.7 Å². The number of sulfonamides is 1. The van der Waals surface area contributed by atoms with Crippen molar-refractivity contribution in [2.45, 2.75) is 81.1 Å². The number of halogens is 1. The van der Waals surface area contributed by atoms with Gasteiger partial charge < -0.3 is 15.0 Å². The lowest BCUT2D eigenvalue weighted by atomic mass is 9.76. The summed E-state index contributed by atoms with van der Waals surface area (Å²) in [6.07, 6.45) is 8.30. The highest BCUT2D eigenvalue weighted by Crippen LogP contribution is 2.48. The fraction of sp³-hybridized carbons (Fsp3) is 0.474. The van der Waals surface area contributed by atoms with Gasteiger partial charge in [0, 0.05) is 36.0 Å². The van der Waals surface area contributed by atoms with E-state index in [-0.39, 0.29) is 24.7 Å². The molecular weight excluding hydrogens is 708 g/mol. The quantitative estimate of drug-likeness (QED) is 0.268. The maximum Gasteiger partial charge on any atom is 0.259 e. The third kappa shape index (κ3) is 7.32. The molecule has 0 saturated heterocycles. The number of amides is 3. The van der Waals surface area contributed by atoms with Crippen LogP contribution in [0.15, 0.2) is 66.7 Å². The number of thiazole rings is 1. The van der Waals surface area contributed by atoms with E-state index in [1.807, 2.05) is 66.7 Å². The van der Waals surface area contributed by atoms with Gasteiger partial charge in [-0.25, -0.2) is 13.4 Å². The number of allylic oxidation sites excluding steroid dienone is 1. The van der Waals surface area contributed by atoms with Crippen molar-refractivity contribution < 1.29 is 27.5 Å². The first kappa shape index (κ1) is 35.7. The Labute approximate surface area is 308 Å². The molecule has 3 amide bonds. The summed E-state index contributed by atoms with van der Waals surface area (Å²) >= 11 is 7.66. The van der Waals surface area contributed by atoms with Crippen molar-refractivity contribution in [1.29, 1.82) is 0 Å². The van der Waals surface area contributed by atoms with Crippen molar-refractivity contribution in [2.24, 2.45) is 17.8 Å². The first-order valence-corrected chi connectivity index (χ1v) is 20.4. The number of aromatic nitrogens is 1. The first-order valence-electron chi connectivity index (χ1n) is 17.7. The number of benzene rings is 2. The molecule has 3 fully saturated rings. The summed E-state index contributed by atoms with van der Waals surface area (Å²) in [5.41, 5.74) is 0.433. The summed E-state index contributed by atoms with van der Waals surface area (Å²) in [5.74, 6) is -2.60. The average Bonchev–Trinajstić information content (AvgIpc) is 4.00. The molecule has 2 aromatic carbocycles. The zero-order chi connectivity index (χ0) is 36.0. The number of ether oxygens (including phenoxy) is 1. The van der Waals surface area contributed by atoms with Crippen molar-refractivity contribution in [3.05, 3.63) is 71.8 Å². The standard InChI is InChI=1S/C38H43ClN4O6S2/c1-37(19-20-37)51(47,48)42-36(46)38-23-26(38)12-8-3-4-9-21-43(2)35(45)29-18-17-28(22-30(29)32(44)41-38)49-33-31(24-10-6-5-7-11-24)50-34(40-33)25-13-15-27(39)16-14-25/h5-8,10-16,26,28-30H,3-4,9,17-23H2,1-2H3,(H,41,44)(H,42,46)/b12-8-/t26-,28+,29-,30-,38-/m1/s1. The molecule has 0 radical (unpaired) electrons. The summed E-state index contributed by atoms with van der Waals surface area (Å²) < 4.78 is 34.2. The minimum absolute atomic E-state index is 0.111. The second-order valence-electron chi connectivity index (χ2n) is 14.6. The molecule has 0 spiro atoms. The van der Waals surface area contributed by atoms with Crippen molar-refractivity contribution in [2.75, 3.05) is 13.6 Å². The third-order valence-corrected chi connectivity index (χ3v) is 14.5. The van der Waals surface area contributed by atoms with Crippen LogP contribution < -0.4 is 14.8 Å². The van der Waals surface area contributed by atoms with Crippen LogP contribution in [0, 0.1) is 17.8 Å². The largest absolute Gasteiger partial charge is 0.473 e. The van der Waals surface area contributed by atoms with Crippen molar-refractivity contribution >= 4 is 50.7 Å². The molecule has 7 rings (SSSR count). The Hall–Kier alpha value is -3.74. The maximum atomic E-state index is 14.4. The zero-order valence-electron chi connectivity index (χ0n) is 28.8. The Morgan fingerprint density at radius 2 is 1.78 bits per heavy atom. The van der Waals surface area contributed by atoms with Crippen molar-refractivity contribution in [1.82, 2.24) is 19.9 Å². The Bertz CT molecular complexity index is 1950. The number of nitrogens with one attached hydrogen (secondary N) is 2. The van der Waals surface area contributed by atoms with Gasteiger partial charge in [0.25, 0.3) is 5.91 Å². The van der Waals surface area contributed by atoms with Crippen LogP contribution in [-0.4, -0.2) is 66.0 Å². The topological polar surface area (TPSA) is 135 Å². The number of hydrogen-bond acceptors (Lipinski definition) is 8. The van der Waals surface area contributed by atoms with Crippen molar-refractivity contribution in [3.63, 3.8) is 0 Å². The van der Waals surface area contributed by atoms with E-state index in [9.17, 15) is 22.8 Å². The maximum absolute atomic E-state index is 14.4. The van der Waals surface area contributed by atoms with Crippen LogP contribution in [0.3, 0.4) is 0 Å². The molecule has 3 aliphatic carbocycles. The molecule has 2 N–H and O–H groups in total. The molecule has 3 saturated carbocycles. The lowest BCUT2D eigenvalue weighted by Crippen LogP contribution is -2.56. The lowest BCUT2D eigenvalue weighted by Gasteiger charge is -2.37. The van der Waals surface area contributed by atoms with E-state index in [1.54, 1.807) is 18.9 Å². The van der Waals surface area contributed by atoms with Gasteiger partial charge in [-0.05, 0) is 82.4 Å². The van der Waals surface area contributed by atoms with Gasteiger partial charge in [0.1, 0.15) is 16.7 Å². The Morgan fingerprint density at radius 3 is 2.51 bits per heavy atom. The number of carbonyl (C=O) groups excluding carboxylic acids is 3. The van der Waals surface area contributed by atoms with Crippen LogP contribution in [0.5, 0.6) is 5.88 Å². The van der Waals surface area contributed by atoms with Gasteiger partial charge >= 0.3 is 0 Å². The van der Waals surface area contributed by atoms with Gasteiger partial charge in [0.05, 0.1) is 15.5 Å². The molecule has 13 heteroatoms.